The van der Waals surface area contributed by atoms with Crippen molar-refractivity contribution in [1.29, 1.82) is 0 Å². The van der Waals surface area contributed by atoms with Crippen LogP contribution in [0.15, 0.2) is 42.5 Å². The van der Waals surface area contributed by atoms with Gasteiger partial charge in [-0.2, -0.15) is 0 Å². The summed E-state index contributed by atoms with van der Waals surface area (Å²) in [6.07, 6.45) is 0. The first-order valence-corrected chi connectivity index (χ1v) is 9.01. The molecule has 0 radical (unpaired) electrons. The maximum absolute atomic E-state index is 13.4. The predicted octanol–water partition coefficient (Wildman–Crippen LogP) is 3.03. The van der Waals surface area contributed by atoms with E-state index in [1.165, 1.54) is 12.1 Å². The Hall–Kier alpha value is -2.93. The van der Waals surface area contributed by atoms with E-state index < -0.39 is 11.3 Å². The molecular formula is C21H23FN2O4. The average Bonchev–Trinajstić information content (AvgIpc) is 2.85. The molecule has 1 atom stereocenters. The van der Waals surface area contributed by atoms with Crippen LogP contribution >= 0.6 is 0 Å². The molecule has 0 saturated heterocycles. The third-order valence-corrected chi connectivity index (χ3v) is 5.15. The number of benzene rings is 2. The van der Waals surface area contributed by atoms with Crippen LogP contribution in [0.25, 0.3) is 0 Å². The van der Waals surface area contributed by atoms with E-state index in [2.05, 4.69) is 0 Å². The standard InChI is InChI=1S/C21H23FN2O4/c1-13-12-28-18-10-14(19(25)23-27)4-5-15(18)11-24(13)20(26)21(2,3)16-6-8-17(22)9-7-16/h4-10,13,27H,11-12H2,1-3H3,(H,23,25). The van der Waals surface area contributed by atoms with Crippen LogP contribution in [0.4, 0.5) is 4.39 Å². The minimum absolute atomic E-state index is 0.0970. The van der Waals surface area contributed by atoms with E-state index in [1.807, 2.05) is 20.8 Å². The molecule has 0 fully saturated rings. The molecule has 2 aromatic rings. The molecule has 1 heterocycles. The zero-order chi connectivity index (χ0) is 20.5. The number of nitrogens with zero attached hydrogens (tertiary/aromatic N) is 1. The third kappa shape index (κ3) is 3.71. The van der Waals surface area contributed by atoms with E-state index >= 15 is 0 Å². The number of nitrogens with one attached hydrogen (secondary N) is 1. The van der Waals surface area contributed by atoms with Crippen LogP contribution < -0.4 is 10.2 Å². The topological polar surface area (TPSA) is 78.9 Å². The summed E-state index contributed by atoms with van der Waals surface area (Å²) >= 11 is 0. The van der Waals surface area contributed by atoms with Crippen LogP contribution in [0.1, 0.15) is 42.3 Å². The van der Waals surface area contributed by atoms with Gasteiger partial charge in [0.25, 0.3) is 5.91 Å². The Morgan fingerprint density at radius 2 is 1.89 bits per heavy atom. The Kier molecular flexibility index (Phi) is 5.38. The molecule has 0 saturated carbocycles. The normalized spacial score (nSPS) is 16.6. The molecule has 0 spiro atoms. The van der Waals surface area contributed by atoms with Crippen LogP contribution in [0.3, 0.4) is 0 Å². The smallest absolute Gasteiger partial charge is 0.274 e. The number of carbonyl (C=O) groups is 2. The Balaban J connectivity index is 1.90. The lowest BCUT2D eigenvalue weighted by Gasteiger charge is -2.34. The first kappa shape index (κ1) is 19.8. The number of hydrogen-bond donors (Lipinski definition) is 2. The molecule has 0 aromatic heterocycles. The summed E-state index contributed by atoms with van der Waals surface area (Å²) in [7, 11) is 0. The molecule has 1 aliphatic heterocycles. The molecule has 2 amide bonds. The number of halogens is 1. The second kappa shape index (κ2) is 7.59. The molecule has 148 valence electrons. The van der Waals surface area contributed by atoms with Crippen LogP contribution in [-0.4, -0.2) is 34.6 Å². The fourth-order valence-corrected chi connectivity index (χ4v) is 3.29. The van der Waals surface area contributed by atoms with Crippen LogP contribution in [0.2, 0.25) is 0 Å². The number of fused-ring (bicyclic) bond motifs is 1. The summed E-state index contributed by atoms with van der Waals surface area (Å²) in [6, 6.07) is 10.6. The average molecular weight is 386 g/mol. The van der Waals surface area contributed by atoms with E-state index in [0.29, 0.717) is 12.3 Å². The minimum Gasteiger partial charge on any atom is -0.491 e. The lowest BCUT2D eigenvalue weighted by Crippen LogP contribution is -2.48. The van der Waals surface area contributed by atoms with Crippen molar-refractivity contribution in [2.24, 2.45) is 0 Å². The lowest BCUT2D eigenvalue weighted by molar-refractivity contribution is -0.139. The van der Waals surface area contributed by atoms with Crippen LogP contribution in [-0.2, 0) is 16.8 Å². The van der Waals surface area contributed by atoms with Crippen molar-refractivity contribution in [2.75, 3.05) is 6.61 Å². The van der Waals surface area contributed by atoms with Crippen LogP contribution in [0.5, 0.6) is 5.75 Å². The van der Waals surface area contributed by atoms with Crippen molar-refractivity contribution < 1.29 is 23.9 Å². The number of ether oxygens (including phenoxy) is 1. The highest BCUT2D eigenvalue weighted by molar-refractivity contribution is 5.94. The van der Waals surface area contributed by atoms with Gasteiger partial charge in [-0.3, -0.25) is 14.8 Å². The third-order valence-electron chi connectivity index (χ3n) is 5.15. The summed E-state index contributed by atoms with van der Waals surface area (Å²) in [6.45, 7) is 6.11. The second-order valence-corrected chi connectivity index (χ2v) is 7.49. The van der Waals surface area contributed by atoms with Gasteiger partial charge in [-0.05, 0) is 50.6 Å². The quantitative estimate of drug-likeness (QED) is 0.628. The van der Waals surface area contributed by atoms with Gasteiger partial charge in [-0.25, -0.2) is 9.87 Å². The molecule has 6 nitrogen and oxygen atoms in total. The first-order valence-electron chi connectivity index (χ1n) is 9.01. The Morgan fingerprint density at radius 1 is 1.21 bits per heavy atom. The Labute approximate surface area is 162 Å². The molecule has 7 heteroatoms. The minimum atomic E-state index is -0.844. The number of carbonyl (C=O) groups excluding carboxylic acids is 2. The zero-order valence-corrected chi connectivity index (χ0v) is 16.0. The van der Waals surface area contributed by atoms with Crippen molar-refractivity contribution in [3.63, 3.8) is 0 Å². The molecule has 0 aliphatic carbocycles. The largest absolute Gasteiger partial charge is 0.491 e. The monoisotopic (exact) mass is 386 g/mol. The predicted molar refractivity (Wildman–Crippen MR) is 101 cm³/mol. The Bertz CT molecular complexity index is 896. The van der Waals surface area contributed by atoms with Gasteiger partial charge in [0, 0.05) is 17.7 Å². The highest BCUT2D eigenvalue weighted by Crippen LogP contribution is 2.32. The molecule has 1 unspecified atom stereocenters. The molecule has 1 aliphatic rings. The van der Waals surface area contributed by atoms with Gasteiger partial charge in [0.15, 0.2) is 0 Å². The number of hydrogen-bond acceptors (Lipinski definition) is 4. The molecular weight excluding hydrogens is 363 g/mol. The van der Waals surface area contributed by atoms with Gasteiger partial charge in [0.1, 0.15) is 18.2 Å². The SMILES string of the molecule is CC1COc2cc(C(=O)NO)ccc2CN1C(=O)C(C)(C)c1ccc(F)cc1. The zero-order valence-electron chi connectivity index (χ0n) is 16.0. The van der Waals surface area contributed by atoms with Gasteiger partial charge in [-0.1, -0.05) is 18.2 Å². The van der Waals surface area contributed by atoms with E-state index in [1.54, 1.807) is 40.7 Å². The van der Waals surface area contributed by atoms with Gasteiger partial charge in [0.2, 0.25) is 5.91 Å². The summed E-state index contributed by atoms with van der Waals surface area (Å²) in [5.74, 6) is -0.572. The maximum Gasteiger partial charge on any atom is 0.274 e. The van der Waals surface area contributed by atoms with Crippen molar-refractivity contribution in [2.45, 2.75) is 38.8 Å². The molecule has 0 bridgehead atoms. The molecule has 2 N–H and O–H groups in total. The van der Waals surface area contributed by atoms with Gasteiger partial charge >= 0.3 is 0 Å². The summed E-state index contributed by atoms with van der Waals surface area (Å²) in [5.41, 5.74) is 2.51. The van der Waals surface area contributed by atoms with E-state index in [0.717, 1.165) is 11.1 Å². The number of amides is 2. The van der Waals surface area contributed by atoms with E-state index in [4.69, 9.17) is 9.94 Å². The lowest BCUT2D eigenvalue weighted by atomic mass is 9.82. The maximum atomic E-state index is 13.4. The molecule has 2 aromatic carbocycles. The van der Waals surface area contributed by atoms with Gasteiger partial charge in [-0.15, -0.1) is 0 Å². The van der Waals surface area contributed by atoms with Crippen molar-refractivity contribution in [3.8, 4) is 5.75 Å². The fraction of sp³-hybridized carbons (Fsp3) is 0.333. The summed E-state index contributed by atoms with van der Waals surface area (Å²) in [4.78, 5) is 26.7. The molecule has 28 heavy (non-hydrogen) atoms. The fourth-order valence-electron chi connectivity index (χ4n) is 3.29. The summed E-state index contributed by atoms with van der Waals surface area (Å²) < 4.78 is 19.1. The number of hydroxylamine groups is 1. The van der Waals surface area contributed by atoms with Gasteiger partial charge < -0.3 is 9.64 Å². The Morgan fingerprint density at radius 3 is 2.54 bits per heavy atom. The first-order chi connectivity index (χ1) is 13.2. The highest BCUT2D eigenvalue weighted by Gasteiger charge is 2.37. The second-order valence-electron chi connectivity index (χ2n) is 7.49. The number of rotatable bonds is 3. The van der Waals surface area contributed by atoms with Crippen molar-refractivity contribution in [3.05, 3.63) is 65.0 Å². The van der Waals surface area contributed by atoms with E-state index in [-0.39, 0.29) is 29.9 Å². The van der Waals surface area contributed by atoms with Crippen molar-refractivity contribution >= 4 is 11.8 Å². The van der Waals surface area contributed by atoms with E-state index in [9.17, 15) is 14.0 Å². The van der Waals surface area contributed by atoms with Crippen molar-refractivity contribution in [1.82, 2.24) is 10.4 Å². The highest BCUT2D eigenvalue weighted by atomic mass is 19.1. The molecule has 3 rings (SSSR count). The summed E-state index contributed by atoms with van der Waals surface area (Å²) in [5, 5.41) is 8.80. The van der Waals surface area contributed by atoms with Crippen LogP contribution in [0, 0.1) is 5.82 Å². The van der Waals surface area contributed by atoms with Gasteiger partial charge in [0.05, 0.1) is 11.5 Å².